The van der Waals surface area contributed by atoms with Gasteiger partial charge in [-0.3, -0.25) is 4.79 Å². The Bertz CT molecular complexity index is 74.1. The standard InChI is InChI=1S/C4H8NOS/c1-3(2-7)4(5)6/h3H,2H2,1H3,(H2,5,6). The topological polar surface area (TPSA) is 43.1 Å². The number of nitrogens with two attached hydrogens (primary N) is 1. The Kier molecular flexibility index (Phi) is 2.83. The van der Waals surface area contributed by atoms with Crippen LogP contribution < -0.4 is 5.73 Å². The van der Waals surface area contributed by atoms with Gasteiger partial charge >= 0.3 is 0 Å². The number of hydrogen-bond donors (Lipinski definition) is 1. The number of hydrogen-bond acceptors (Lipinski definition) is 1. The Morgan fingerprint density at radius 1 is 2.00 bits per heavy atom. The van der Waals surface area contributed by atoms with Crippen molar-refractivity contribution in [1.82, 2.24) is 0 Å². The fourth-order valence-electron chi connectivity index (χ4n) is 0.0821. The lowest BCUT2D eigenvalue weighted by molar-refractivity contribution is -0.120. The van der Waals surface area contributed by atoms with Crippen LogP contribution in [0.15, 0.2) is 0 Å². The summed E-state index contributed by atoms with van der Waals surface area (Å²) in [5.74, 6) is -0.0278. The van der Waals surface area contributed by atoms with Crippen molar-refractivity contribution >= 4 is 18.5 Å². The largest absolute Gasteiger partial charge is 0.369 e. The van der Waals surface area contributed by atoms with Crippen LogP contribution in [0.1, 0.15) is 6.92 Å². The summed E-state index contributed by atoms with van der Waals surface area (Å²) in [4.78, 5) is 10.1. The molecule has 0 aliphatic heterocycles. The zero-order chi connectivity index (χ0) is 5.86. The summed E-state index contributed by atoms with van der Waals surface area (Å²) in [5.41, 5.74) is 4.84. The van der Waals surface area contributed by atoms with E-state index in [0.29, 0.717) is 5.75 Å². The molecule has 0 heterocycles. The number of rotatable bonds is 2. The van der Waals surface area contributed by atoms with E-state index < -0.39 is 0 Å². The average Bonchev–Trinajstić information content (AvgIpc) is 1.65. The number of amides is 1. The molecule has 0 saturated heterocycles. The second kappa shape index (κ2) is 2.91. The molecule has 1 amide bonds. The van der Waals surface area contributed by atoms with Gasteiger partial charge in [0.15, 0.2) is 0 Å². The number of primary amides is 1. The van der Waals surface area contributed by atoms with E-state index in [-0.39, 0.29) is 11.8 Å². The molecule has 1 unspecified atom stereocenters. The molecule has 41 valence electrons. The first-order chi connectivity index (χ1) is 3.18. The van der Waals surface area contributed by atoms with E-state index in [4.69, 9.17) is 5.73 Å². The summed E-state index contributed by atoms with van der Waals surface area (Å²) in [6.07, 6.45) is 0. The van der Waals surface area contributed by atoms with E-state index in [1.165, 1.54) is 0 Å². The summed E-state index contributed by atoms with van der Waals surface area (Å²) in [5, 5.41) is 0. The zero-order valence-corrected chi connectivity index (χ0v) is 4.99. The predicted octanol–water partition coefficient (Wildman–Crippen LogP) is 0.305. The fraction of sp³-hybridized carbons (Fsp3) is 0.750. The second-order valence-corrected chi connectivity index (χ2v) is 1.80. The van der Waals surface area contributed by atoms with E-state index in [1.54, 1.807) is 6.92 Å². The minimum atomic E-state index is -0.310. The van der Waals surface area contributed by atoms with E-state index in [2.05, 4.69) is 12.6 Å². The maximum absolute atomic E-state index is 10.1. The van der Waals surface area contributed by atoms with Crippen molar-refractivity contribution in [2.24, 2.45) is 11.7 Å². The van der Waals surface area contributed by atoms with Gasteiger partial charge in [-0.15, -0.1) is 0 Å². The van der Waals surface area contributed by atoms with Crippen molar-refractivity contribution in [2.45, 2.75) is 6.92 Å². The van der Waals surface area contributed by atoms with Crippen LogP contribution in [0.4, 0.5) is 0 Å². The molecular formula is C4H8NOS. The third-order valence-corrected chi connectivity index (χ3v) is 1.24. The Hall–Kier alpha value is -0.180. The highest BCUT2D eigenvalue weighted by atomic mass is 32.1. The van der Waals surface area contributed by atoms with Crippen LogP contribution in [0.5, 0.6) is 0 Å². The highest BCUT2D eigenvalue weighted by Crippen LogP contribution is 1.93. The molecule has 0 aliphatic rings. The van der Waals surface area contributed by atoms with Crippen molar-refractivity contribution in [3.8, 4) is 0 Å². The van der Waals surface area contributed by atoms with Crippen LogP contribution in [0.3, 0.4) is 0 Å². The van der Waals surface area contributed by atoms with Crippen LogP contribution >= 0.6 is 12.6 Å². The van der Waals surface area contributed by atoms with Gasteiger partial charge in [0.25, 0.3) is 0 Å². The third-order valence-electron chi connectivity index (χ3n) is 0.736. The Labute approximate surface area is 48.5 Å². The van der Waals surface area contributed by atoms with E-state index in [1.807, 2.05) is 0 Å². The molecule has 0 saturated carbocycles. The fourth-order valence-corrected chi connectivity index (χ4v) is 0.246. The average molecular weight is 118 g/mol. The van der Waals surface area contributed by atoms with Gasteiger partial charge in [-0.1, -0.05) is 19.6 Å². The highest BCUT2D eigenvalue weighted by Gasteiger charge is 2.03. The summed E-state index contributed by atoms with van der Waals surface area (Å²) in [6, 6.07) is 0. The summed E-state index contributed by atoms with van der Waals surface area (Å²) < 4.78 is 0. The normalized spacial score (nSPS) is 13.4. The van der Waals surface area contributed by atoms with Crippen LogP contribution in [0.2, 0.25) is 0 Å². The molecule has 0 fully saturated rings. The molecule has 2 N–H and O–H groups in total. The lowest BCUT2D eigenvalue weighted by atomic mass is 10.2. The number of carbonyl (C=O) groups is 1. The van der Waals surface area contributed by atoms with E-state index in [9.17, 15) is 4.79 Å². The molecule has 3 heteroatoms. The maximum atomic E-state index is 10.1. The van der Waals surface area contributed by atoms with Crippen LogP contribution in [-0.4, -0.2) is 11.7 Å². The lowest BCUT2D eigenvalue weighted by Crippen LogP contribution is -2.21. The van der Waals surface area contributed by atoms with Gasteiger partial charge < -0.3 is 5.73 Å². The third kappa shape index (κ3) is 2.51. The monoisotopic (exact) mass is 118 g/mol. The molecule has 0 aromatic heterocycles. The van der Waals surface area contributed by atoms with Crippen LogP contribution in [0.25, 0.3) is 0 Å². The SMILES string of the molecule is CC(C[S])C(N)=O. The van der Waals surface area contributed by atoms with Crippen molar-refractivity contribution < 1.29 is 4.79 Å². The quantitative estimate of drug-likeness (QED) is 0.557. The molecule has 0 aliphatic carbocycles. The molecule has 0 spiro atoms. The van der Waals surface area contributed by atoms with Crippen LogP contribution in [0, 0.1) is 5.92 Å². The first-order valence-corrected chi connectivity index (χ1v) is 2.63. The smallest absolute Gasteiger partial charge is 0.221 e. The highest BCUT2D eigenvalue weighted by molar-refractivity contribution is 7.80. The van der Waals surface area contributed by atoms with Gasteiger partial charge in [0.2, 0.25) is 5.91 Å². The van der Waals surface area contributed by atoms with Gasteiger partial charge in [0, 0.05) is 11.7 Å². The molecule has 1 radical (unpaired) electrons. The Morgan fingerprint density at radius 2 is 2.43 bits per heavy atom. The van der Waals surface area contributed by atoms with Crippen molar-refractivity contribution in [3.63, 3.8) is 0 Å². The van der Waals surface area contributed by atoms with Crippen molar-refractivity contribution in [3.05, 3.63) is 0 Å². The molecule has 7 heavy (non-hydrogen) atoms. The minimum absolute atomic E-state index is 0.144. The molecule has 0 rings (SSSR count). The molecule has 0 aromatic rings. The van der Waals surface area contributed by atoms with Gasteiger partial charge in [-0.2, -0.15) is 0 Å². The predicted molar refractivity (Wildman–Crippen MR) is 30.8 cm³/mol. The number of carbonyl (C=O) groups excluding carboxylic acids is 1. The van der Waals surface area contributed by atoms with Gasteiger partial charge in [-0.25, -0.2) is 0 Å². The van der Waals surface area contributed by atoms with Gasteiger partial charge in [-0.05, 0) is 0 Å². The van der Waals surface area contributed by atoms with Crippen molar-refractivity contribution in [1.29, 1.82) is 0 Å². The van der Waals surface area contributed by atoms with E-state index >= 15 is 0 Å². The molecule has 0 bridgehead atoms. The van der Waals surface area contributed by atoms with Gasteiger partial charge in [0.05, 0.1) is 0 Å². The second-order valence-electron chi connectivity index (χ2n) is 1.47. The summed E-state index contributed by atoms with van der Waals surface area (Å²) in [7, 11) is 0. The summed E-state index contributed by atoms with van der Waals surface area (Å²) in [6.45, 7) is 1.72. The van der Waals surface area contributed by atoms with Crippen molar-refractivity contribution in [2.75, 3.05) is 5.75 Å². The lowest BCUT2D eigenvalue weighted by Gasteiger charge is -1.96. The first-order valence-electron chi connectivity index (χ1n) is 2.06. The van der Waals surface area contributed by atoms with Crippen LogP contribution in [-0.2, 0) is 4.79 Å². The summed E-state index contributed by atoms with van der Waals surface area (Å²) >= 11 is 4.55. The molecular weight excluding hydrogens is 110 g/mol. The Balaban J connectivity index is 3.34. The molecule has 2 nitrogen and oxygen atoms in total. The van der Waals surface area contributed by atoms with Gasteiger partial charge in [0.1, 0.15) is 0 Å². The molecule has 1 atom stereocenters. The molecule has 0 aromatic carbocycles. The maximum Gasteiger partial charge on any atom is 0.221 e. The first kappa shape index (κ1) is 6.82. The minimum Gasteiger partial charge on any atom is -0.369 e. The van der Waals surface area contributed by atoms with E-state index in [0.717, 1.165) is 0 Å². The Morgan fingerprint density at radius 3 is 2.43 bits per heavy atom. The zero-order valence-electron chi connectivity index (χ0n) is 4.18.